The van der Waals surface area contributed by atoms with Crippen molar-refractivity contribution in [1.82, 2.24) is 5.32 Å². The fourth-order valence-electron chi connectivity index (χ4n) is 2.82. The van der Waals surface area contributed by atoms with E-state index in [1.165, 1.54) is 5.56 Å². The van der Waals surface area contributed by atoms with E-state index in [9.17, 15) is 5.11 Å². The molecule has 2 rings (SSSR count). The van der Waals surface area contributed by atoms with Crippen molar-refractivity contribution in [2.45, 2.75) is 44.1 Å². The maximum Gasteiger partial charge on any atom is 0.0986 e. The van der Waals surface area contributed by atoms with Crippen molar-refractivity contribution in [3.05, 3.63) is 35.9 Å². The normalized spacial score (nSPS) is 27.1. The summed E-state index contributed by atoms with van der Waals surface area (Å²) in [6, 6.07) is 10.5. The Labute approximate surface area is 121 Å². The van der Waals surface area contributed by atoms with Gasteiger partial charge < -0.3 is 19.9 Å². The summed E-state index contributed by atoms with van der Waals surface area (Å²) in [6.45, 7) is 2.84. The number of ether oxygens (including phenoxy) is 2. The Kier molecular flexibility index (Phi) is 5.98. The Morgan fingerprint density at radius 2 is 2.10 bits per heavy atom. The number of hydrogen-bond acceptors (Lipinski definition) is 4. The topological polar surface area (TPSA) is 50.7 Å². The molecule has 20 heavy (non-hydrogen) atoms. The quantitative estimate of drug-likeness (QED) is 0.755. The number of benzene rings is 1. The molecule has 0 saturated heterocycles. The lowest BCUT2D eigenvalue weighted by atomic mass is 9.84. The molecule has 2 N–H and O–H groups in total. The number of hydrogen-bond donors (Lipinski definition) is 2. The van der Waals surface area contributed by atoms with E-state index in [0.29, 0.717) is 6.61 Å². The average Bonchev–Trinajstić information content (AvgIpc) is 2.46. The molecule has 1 fully saturated rings. The molecule has 1 aromatic rings. The van der Waals surface area contributed by atoms with Crippen LogP contribution in [-0.4, -0.2) is 49.7 Å². The van der Waals surface area contributed by atoms with Crippen molar-refractivity contribution in [1.29, 1.82) is 0 Å². The van der Waals surface area contributed by atoms with Crippen molar-refractivity contribution in [3.8, 4) is 0 Å². The van der Waals surface area contributed by atoms with Gasteiger partial charge in [0.05, 0.1) is 18.8 Å². The van der Waals surface area contributed by atoms with E-state index < -0.39 is 0 Å². The standard InChI is InChI=1S/C16H25NO3/c1-3-20-15-10-14(16(15)19-2)17-13(11-18)9-12-7-5-4-6-8-12/h4-8,13-18H,3,9-11H2,1-2H3. The molecule has 1 aliphatic carbocycles. The van der Waals surface area contributed by atoms with E-state index in [2.05, 4.69) is 17.4 Å². The molecule has 1 saturated carbocycles. The first-order valence-corrected chi connectivity index (χ1v) is 7.33. The zero-order chi connectivity index (χ0) is 14.4. The molecular formula is C16H25NO3. The van der Waals surface area contributed by atoms with Gasteiger partial charge in [-0.05, 0) is 25.3 Å². The van der Waals surface area contributed by atoms with Gasteiger partial charge in [-0.3, -0.25) is 0 Å². The van der Waals surface area contributed by atoms with Gasteiger partial charge in [-0.1, -0.05) is 30.3 Å². The monoisotopic (exact) mass is 279 g/mol. The number of methoxy groups -OCH3 is 1. The Hall–Kier alpha value is -0.940. The van der Waals surface area contributed by atoms with Crippen LogP contribution in [0.1, 0.15) is 18.9 Å². The molecule has 4 nitrogen and oxygen atoms in total. The second kappa shape index (κ2) is 7.74. The van der Waals surface area contributed by atoms with E-state index in [4.69, 9.17) is 9.47 Å². The summed E-state index contributed by atoms with van der Waals surface area (Å²) in [4.78, 5) is 0. The van der Waals surface area contributed by atoms with Gasteiger partial charge in [0.25, 0.3) is 0 Å². The molecule has 4 heteroatoms. The lowest BCUT2D eigenvalue weighted by molar-refractivity contribution is -0.133. The first-order chi connectivity index (χ1) is 9.78. The van der Waals surface area contributed by atoms with Gasteiger partial charge in [0.1, 0.15) is 0 Å². The molecule has 0 aromatic heterocycles. The number of aliphatic hydroxyl groups is 1. The molecule has 0 bridgehead atoms. The minimum Gasteiger partial charge on any atom is -0.395 e. The van der Waals surface area contributed by atoms with Crippen LogP contribution in [0, 0.1) is 0 Å². The van der Waals surface area contributed by atoms with E-state index in [1.54, 1.807) is 7.11 Å². The van der Waals surface area contributed by atoms with Crippen LogP contribution in [0.3, 0.4) is 0 Å². The van der Waals surface area contributed by atoms with E-state index in [0.717, 1.165) is 12.8 Å². The average molecular weight is 279 g/mol. The summed E-state index contributed by atoms with van der Waals surface area (Å²) in [5, 5.41) is 13.0. The van der Waals surface area contributed by atoms with E-state index in [1.807, 2.05) is 25.1 Å². The predicted molar refractivity (Wildman–Crippen MR) is 78.8 cm³/mol. The van der Waals surface area contributed by atoms with Crippen LogP contribution >= 0.6 is 0 Å². The fourth-order valence-corrected chi connectivity index (χ4v) is 2.82. The molecule has 0 radical (unpaired) electrons. The molecule has 0 amide bonds. The molecule has 1 aromatic carbocycles. The minimum atomic E-state index is 0.0580. The van der Waals surface area contributed by atoms with Crippen LogP contribution in [0.25, 0.3) is 0 Å². The zero-order valence-corrected chi connectivity index (χ0v) is 12.3. The zero-order valence-electron chi connectivity index (χ0n) is 12.3. The van der Waals surface area contributed by atoms with Gasteiger partial charge >= 0.3 is 0 Å². The Morgan fingerprint density at radius 1 is 1.35 bits per heavy atom. The number of aliphatic hydroxyl groups excluding tert-OH is 1. The number of rotatable bonds is 8. The molecule has 0 aliphatic heterocycles. The van der Waals surface area contributed by atoms with Crippen LogP contribution in [0.4, 0.5) is 0 Å². The maximum atomic E-state index is 9.55. The Balaban J connectivity index is 1.85. The van der Waals surface area contributed by atoms with Crippen LogP contribution in [0.15, 0.2) is 30.3 Å². The van der Waals surface area contributed by atoms with Crippen LogP contribution in [-0.2, 0) is 15.9 Å². The van der Waals surface area contributed by atoms with Crippen molar-refractivity contribution in [3.63, 3.8) is 0 Å². The van der Waals surface area contributed by atoms with Gasteiger partial charge in [-0.15, -0.1) is 0 Å². The molecule has 0 heterocycles. The van der Waals surface area contributed by atoms with Crippen LogP contribution in [0.5, 0.6) is 0 Å². The van der Waals surface area contributed by atoms with Gasteiger partial charge in [0.2, 0.25) is 0 Å². The summed E-state index contributed by atoms with van der Waals surface area (Å²) in [7, 11) is 1.72. The van der Waals surface area contributed by atoms with Crippen LogP contribution < -0.4 is 5.32 Å². The number of nitrogens with one attached hydrogen (secondary N) is 1. The lowest BCUT2D eigenvalue weighted by Crippen LogP contribution is -2.62. The predicted octanol–water partition coefficient (Wildman–Crippen LogP) is 1.37. The summed E-state index contributed by atoms with van der Waals surface area (Å²) in [5.74, 6) is 0. The fraction of sp³-hybridized carbons (Fsp3) is 0.625. The highest BCUT2D eigenvalue weighted by atomic mass is 16.5. The second-order valence-electron chi connectivity index (χ2n) is 5.27. The third kappa shape index (κ3) is 3.79. The van der Waals surface area contributed by atoms with Crippen LogP contribution in [0.2, 0.25) is 0 Å². The molecule has 4 atom stereocenters. The smallest absolute Gasteiger partial charge is 0.0986 e. The third-order valence-electron chi connectivity index (χ3n) is 3.90. The van der Waals surface area contributed by atoms with E-state index >= 15 is 0 Å². The van der Waals surface area contributed by atoms with Crippen molar-refractivity contribution in [2.75, 3.05) is 20.3 Å². The van der Waals surface area contributed by atoms with Gasteiger partial charge in [0.15, 0.2) is 0 Å². The third-order valence-corrected chi connectivity index (χ3v) is 3.90. The first-order valence-electron chi connectivity index (χ1n) is 7.33. The molecule has 4 unspecified atom stereocenters. The first kappa shape index (κ1) is 15.4. The van der Waals surface area contributed by atoms with Gasteiger partial charge in [-0.25, -0.2) is 0 Å². The Morgan fingerprint density at radius 3 is 2.70 bits per heavy atom. The molecular weight excluding hydrogens is 254 g/mol. The Bertz CT molecular complexity index is 385. The SMILES string of the molecule is CCOC1CC(NC(CO)Cc2ccccc2)C1OC. The summed E-state index contributed by atoms with van der Waals surface area (Å²) < 4.78 is 11.1. The second-order valence-corrected chi connectivity index (χ2v) is 5.27. The largest absolute Gasteiger partial charge is 0.395 e. The van der Waals surface area contributed by atoms with Crippen molar-refractivity contribution >= 4 is 0 Å². The van der Waals surface area contributed by atoms with Crippen molar-refractivity contribution in [2.24, 2.45) is 0 Å². The highest BCUT2D eigenvalue weighted by Crippen LogP contribution is 2.27. The summed E-state index contributed by atoms with van der Waals surface area (Å²) in [6.07, 6.45) is 2.03. The van der Waals surface area contributed by atoms with E-state index in [-0.39, 0.29) is 30.9 Å². The van der Waals surface area contributed by atoms with Crippen molar-refractivity contribution < 1.29 is 14.6 Å². The maximum absolute atomic E-state index is 9.55. The van der Waals surface area contributed by atoms with Gasteiger partial charge in [-0.2, -0.15) is 0 Å². The molecule has 1 aliphatic rings. The van der Waals surface area contributed by atoms with Gasteiger partial charge in [0, 0.05) is 25.8 Å². The molecule has 0 spiro atoms. The highest BCUT2D eigenvalue weighted by Gasteiger charge is 2.42. The molecule has 112 valence electrons. The minimum absolute atomic E-state index is 0.0580. The summed E-state index contributed by atoms with van der Waals surface area (Å²) >= 11 is 0. The summed E-state index contributed by atoms with van der Waals surface area (Å²) in [5.41, 5.74) is 1.23. The highest BCUT2D eigenvalue weighted by molar-refractivity contribution is 5.16. The lowest BCUT2D eigenvalue weighted by Gasteiger charge is -2.44.